The molecule has 0 saturated heterocycles. The molecule has 1 atom stereocenters. The van der Waals surface area contributed by atoms with Crippen molar-refractivity contribution in [3.8, 4) is 0 Å². The van der Waals surface area contributed by atoms with E-state index in [9.17, 15) is 14.4 Å². The summed E-state index contributed by atoms with van der Waals surface area (Å²) >= 11 is 0. The molecule has 0 saturated carbocycles. The zero-order valence-corrected chi connectivity index (χ0v) is 17.6. The van der Waals surface area contributed by atoms with E-state index in [2.05, 4.69) is 34.1 Å². The minimum atomic E-state index is -0.402. The molecular weight excluding hydrogens is 394 g/mol. The number of amides is 3. The highest BCUT2D eigenvalue weighted by Gasteiger charge is 2.36. The zero-order chi connectivity index (χ0) is 22.0. The molecule has 1 unspecified atom stereocenters. The Hall–Kier alpha value is -3.55. The third-order valence-electron chi connectivity index (χ3n) is 5.30. The molecule has 2 N–H and O–H groups in total. The van der Waals surface area contributed by atoms with E-state index in [1.807, 2.05) is 24.3 Å². The monoisotopic (exact) mass is 419 g/mol. The smallest absolute Gasteiger partial charge is 0.280 e. The lowest BCUT2D eigenvalue weighted by atomic mass is 10.0. The fourth-order valence-corrected chi connectivity index (χ4v) is 3.83. The Morgan fingerprint density at radius 2 is 1.94 bits per heavy atom. The summed E-state index contributed by atoms with van der Waals surface area (Å²) in [6.07, 6.45) is 2.82. The van der Waals surface area contributed by atoms with Gasteiger partial charge in [0.1, 0.15) is 11.5 Å². The highest BCUT2D eigenvalue weighted by atomic mass is 16.2. The normalized spacial score (nSPS) is 14.4. The van der Waals surface area contributed by atoms with Crippen LogP contribution in [0.15, 0.2) is 42.6 Å². The number of hydrogen-bond donors (Lipinski definition) is 2. The lowest BCUT2D eigenvalue weighted by molar-refractivity contribution is -0.122. The van der Waals surface area contributed by atoms with Gasteiger partial charge in [-0.25, -0.2) is 4.98 Å². The Morgan fingerprint density at radius 3 is 2.68 bits per heavy atom. The summed E-state index contributed by atoms with van der Waals surface area (Å²) in [6, 6.07) is 10.8. The van der Waals surface area contributed by atoms with E-state index >= 15 is 0 Å². The van der Waals surface area contributed by atoms with Gasteiger partial charge in [0, 0.05) is 19.2 Å². The minimum absolute atomic E-state index is 0.138. The Balaban J connectivity index is 1.36. The first-order chi connectivity index (χ1) is 14.9. The summed E-state index contributed by atoms with van der Waals surface area (Å²) in [4.78, 5) is 50.5. The molecular formula is C23H25N5O3. The first-order valence-electron chi connectivity index (χ1n) is 10.5. The van der Waals surface area contributed by atoms with Crippen LogP contribution >= 0.6 is 0 Å². The van der Waals surface area contributed by atoms with Crippen molar-refractivity contribution in [1.29, 1.82) is 0 Å². The molecule has 3 heterocycles. The molecule has 2 aromatic heterocycles. The first kappa shape index (κ1) is 20.7. The second-order valence-electron chi connectivity index (χ2n) is 8.15. The lowest BCUT2D eigenvalue weighted by Crippen LogP contribution is -2.33. The Kier molecular flexibility index (Phi) is 5.79. The van der Waals surface area contributed by atoms with Gasteiger partial charge in [0.05, 0.1) is 22.6 Å². The van der Waals surface area contributed by atoms with Crippen molar-refractivity contribution in [3.05, 3.63) is 59.7 Å². The van der Waals surface area contributed by atoms with E-state index in [0.29, 0.717) is 17.9 Å². The molecule has 1 aliphatic heterocycles. The number of benzene rings is 1. The van der Waals surface area contributed by atoms with Crippen LogP contribution < -0.4 is 5.32 Å². The van der Waals surface area contributed by atoms with Crippen LogP contribution in [0.2, 0.25) is 0 Å². The number of aromatic amines is 1. The topological polar surface area (TPSA) is 108 Å². The van der Waals surface area contributed by atoms with E-state index in [1.54, 1.807) is 12.1 Å². The molecule has 0 spiro atoms. The van der Waals surface area contributed by atoms with E-state index in [4.69, 9.17) is 0 Å². The Labute approximate surface area is 180 Å². The van der Waals surface area contributed by atoms with Gasteiger partial charge in [0.15, 0.2) is 0 Å². The van der Waals surface area contributed by atoms with Gasteiger partial charge in [-0.1, -0.05) is 26.0 Å². The number of imide groups is 1. The van der Waals surface area contributed by atoms with Gasteiger partial charge in [-0.3, -0.25) is 24.3 Å². The first-order valence-corrected chi connectivity index (χ1v) is 10.5. The molecule has 3 aromatic rings. The van der Waals surface area contributed by atoms with Crippen LogP contribution in [0.5, 0.6) is 0 Å². The average molecular weight is 419 g/mol. The van der Waals surface area contributed by atoms with Gasteiger partial charge in [-0.2, -0.15) is 0 Å². The third kappa shape index (κ3) is 4.33. The number of nitrogens with zero attached hydrogens (tertiary/aromatic N) is 3. The number of carbonyl (C=O) groups is 3. The molecule has 0 aliphatic carbocycles. The van der Waals surface area contributed by atoms with Crippen molar-refractivity contribution < 1.29 is 14.4 Å². The largest absolute Gasteiger partial charge is 0.346 e. The maximum atomic E-state index is 12.6. The highest BCUT2D eigenvalue weighted by Crippen LogP contribution is 2.23. The van der Waals surface area contributed by atoms with Gasteiger partial charge >= 0.3 is 0 Å². The summed E-state index contributed by atoms with van der Waals surface area (Å²) in [5.41, 5.74) is 2.29. The predicted octanol–water partition coefficient (Wildman–Crippen LogP) is 3.24. The molecule has 8 heteroatoms. The van der Waals surface area contributed by atoms with Crippen LogP contribution in [-0.2, 0) is 4.79 Å². The molecule has 0 radical (unpaired) electrons. The SMILES string of the molecule is CC(C)CC(NC(=O)CCCN1C(=O)c2cccnc2C1=O)c1nc2ccccc2[nH]1. The van der Waals surface area contributed by atoms with Gasteiger partial charge < -0.3 is 10.3 Å². The number of nitrogens with one attached hydrogen (secondary N) is 2. The fraction of sp³-hybridized carbons (Fsp3) is 0.348. The Bertz CT molecular complexity index is 1070. The van der Waals surface area contributed by atoms with Crippen LogP contribution in [-0.4, -0.2) is 44.1 Å². The van der Waals surface area contributed by atoms with Gasteiger partial charge in [-0.05, 0) is 43.0 Å². The van der Waals surface area contributed by atoms with Crippen molar-refractivity contribution in [2.24, 2.45) is 5.92 Å². The second kappa shape index (κ2) is 8.67. The van der Waals surface area contributed by atoms with Crippen molar-refractivity contribution in [3.63, 3.8) is 0 Å². The molecule has 3 amide bonds. The predicted molar refractivity (Wildman–Crippen MR) is 115 cm³/mol. The average Bonchev–Trinajstić information content (AvgIpc) is 3.28. The van der Waals surface area contributed by atoms with Gasteiger partial charge in [0.25, 0.3) is 11.8 Å². The zero-order valence-electron chi connectivity index (χ0n) is 17.6. The summed E-state index contributed by atoms with van der Waals surface area (Å²) in [6.45, 7) is 4.37. The molecule has 4 rings (SSSR count). The summed E-state index contributed by atoms with van der Waals surface area (Å²) in [5.74, 6) is 0.203. The van der Waals surface area contributed by atoms with E-state index in [0.717, 1.165) is 28.2 Å². The number of pyridine rings is 1. The number of carbonyl (C=O) groups excluding carboxylic acids is 3. The lowest BCUT2D eigenvalue weighted by Gasteiger charge is -2.19. The number of rotatable bonds is 8. The molecule has 1 aromatic carbocycles. The molecule has 31 heavy (non-hydrogen) atoms. The maximum Gasteiger partial charge on any atom is 0.280 e. The molecule has 0 fully saturated rings. The second-order valence-corrected chi connectivity index (χ2v) is 8.15. The number of hydrogen-bond acceptors (Lipinski definition) is 5. The standard InChI is InChI=1S/C23H25N5O3/c1-14(2)13-18(21-26-16-8-3-4-9-17(16)27-21)25-19(29)10-6-12-28-22(30)15-7-5-11-24-20(15)23(28)31/h3-5,7-9,11,14,18H,6,10,12-13H2,1-2H3,(H,25,29)(H,26,27). The van der Waals surface area contributed by atoms with Crippen LogP contribution in [0.1, 0.15) is 65.8 Å². The third-order valence-corrected chi connectivity index (χ3v) is 5.30. The number of aromatic nitrogens is 3. The van der Waals surface area contributed by atoms with Crippen LogP contribution in [0.25, 0.3) is 11.0 Å². The van der Waals surface area contributed by atoms with Crippen molar-refractivity contribution in [2.75, 3.05) is 6.54 Å². The summed E-state index contributed by atoms with van der Waals surface area (Å²) < 4.78 is 0. The van der Waals surface area contributed by atoms with Crippen LogP contribution in [0, 0.1) is 5.92 Å². The number of imidazole rings is 1. The molecule has 1 aliphatic rings. The number of fused-ring (bicyclic) bond motifs is 2. The van der Waals surface area contributed by atoms with Gasteiger partial charge in [0.2, 0.25) is 5.91 Å². The number of H-pyrrole nitrogens is 1. The van der Waals surface area contributed by atoms with Gasteiger partial charge in [-0.15, -0.1) is 0 Å². The quantitative estimate of drug-likeness (QED) is 0.545. The van der Waals surface area contributed by atoms with Crippen molar-refractivity contribution in [1.82, 2.24) is 25.2 Å². The van der Waals surface area contributed by atoms with Crippen molar-refractivity contribution in [2.45, 2.75) is 39.2 Å². The van der Waals surface area contributed by atoms with Crippen molar-refractivity contribution >= 4 is 28.8 Å². The van der Waals surface area contributed by atoms with E-state index in [-0.39, 0.29) is 36.5 Å². The Morgan fingerprint density at radius 1 is 1.13 bits per heavy atom. The van der Waals surface area contributed by atoms with E-state index in [1.165, 1.54) is 6.20 Å². The molecule has 8 nitrogen and oxygen atoms in total. The minimum Gasteiger partial charge on any atom is -0.346 e. The summed E-state index contributed by atoms with van der Waals surface area (Å²) in [5, 5.41) is 3.06. The van der Waals surface area contributed by atoms with Crippen LogP contribution in [0.3, 0.4) is 0 Å². The molecule has 0 bridgehead atoms. The van der Waals surface area contributed by atoms with Crippen LogP contribution in [0.4, 0.5) is 0 Å². The number of para-hydroxylation sites is 2. The van der Waals surface area contributed by atoms with E-state index < -0.39 is 5.91 Å². The maximum absolute atomic E-state index is 12.6. The fourth-order valence-electron chi connectivity index (χ4n) is 3.83. The summed E-state index contributed by atoms with van der Waals surface area (Å²) in [7, 11) is 0. The highest BCUT2D eigenvalue weighted by molar-refractivity contribution is 6.20. The molecule has 160 valence electrons.